The van der Waals surface area contributed by atoms with E-state index in [2.05, 4.69) is 5.32 Å². The topological polar surface area (TPSA) is 49.4 Å². The third kappa shape index (κ3) is 2.02. The minimum atomic E-state index is -0.634. The zero-order chi connectivity index (χ0) is 13.5. The van der Waals surface area contributed by atoms with Crippen molar-refractivity contribution in [3.8, 4) is 0 Å². The first-order valence-electron chi connectivity index (χ1n) is 6.39. The van der Waals surface area contributed by atoms with Gasteiger partial charge in [0.05, 0.1) is 6.54 Å². The second-order valence-corrected chi connectivity index (χ2v) is 6.24. The van der Waals surface area contributed by atoms with E-state index in [1.807, 2.05) is 31.2 Å². The monoisotopic (exact) mass is 276 g/mol. The van der Waals surface area contributed by atoms with Gasteiger partial charge in [0, 0.05) is 5.75 Å². The van der Waals surface area contributed by atoms with E-state index in [1.54, 1.807) is 11.8 Å². The Labute approximate surface area is 116 Å². The van der Waals surface area contributed by atoms with Gasteiger partial charge in [0.15, 0.2) is 0 Å². The molecule has 1 unspecified atom stereocenters. The molecular weight excluding hydrogens is 260 g/mol. The summed E-state index contributed by atoms with van der Waals surface area (Å²) in [5.74, 6) is 1.57. The van der Waals surface area contributed by atoms with Gasteiger partial charge in [-0.1, -0.05) is 24.3 Å². The maximum absolute atomic E-state index is 12.5. The lowest BCUT2D eigenvalue weighted by molar-refractivity contribution is -0.130. The second-order valence-electron chi connectivity index (χ2n) is 5.13. The predicted octanol–water partition coefficient (Wildman–Crippen LogP) is 1.92. The summed E-state index contributed by atoms with van der Waals surface area (Å²) in [5, 5.41) is 2.89. The Bertz CT molecular complexity index is 538. The van der Waals surface area contributed by atoms with Crippen LogP contribution in [0.3, 0.4) is 0 Å². The number of urea groups is 1. The lowest BCUT2D eigenvalue weighted by Gasteiger charge is -2.19. The fraction of sp³-hybridized carbons (Fsp3) is 0.429. The average Bonchev–Trinajstić information content (AvgIpc) is 2.94. The molecule has 1 N–H and O–H groups in total. The summed E-state index contributed by atoms with van der Waals surface area (Å²) in [6, 6.07) is 7.59. The van der Waals surface area contributed by atoms with Crippen molar-refractivity contribution in [2.45, 2.75) is 25.4 Å². The molecule has 2 aliphatic heterocycles. The van der Waals surface area contributed by atoms with Crippen LogP contribution in [0.5, 0.6) is 0 Å². The number of hydrogen-bond acceptors (Lipinski definition) is 3. The molecule has 0 radical (unpaired) electrons. The highest BCUT2D eigenvalue weighted by molar-refractivity contribution is 7.99. The van der Waals surface area contributed by atoms with Gasteiger partial charge >= 0.3 is 6.03 Å². The van der Waals surface area contributed by atoms with E-state index >= 15 is 0 Å². The minimum Gasteiger partial charge on any atom is -0.322 e. The SMILES string of the molecule is Cc1ccccc1CN1C(=O)NC2(CCSC2)C1=O. The van der Waals surface area contributed by atoms with E-state index < -0.39 is 5.54 Å². The van der Waals surface area contributed by atoms with Crippen LogP contribution in [0.2, 0.25) is 0 Å². The molecule has 0 saturated carbocycles. The normalized spacial score (nSPS) is 26.3. The molecule has 2 saturated heterocycles. The standard InChI is InChI=1S/C14H16N2O2S/c1-10-4-2-3-5-11(10)8-16-12(17)14(15-13(16)18)6-7-19-9-14/h2-5H,6-9H2,1H3,(H,15,18). The molecule has 1 aromatic rings. The van der Waals surface area contributed by atoms with Gasteiger partial charge in [0.25, 0.3) is 5.91 Å². The zero-order valence-electron chi connectivity index (χ0n) is 10.8. The number of nitrogens with one attached hydrogen (secondary N) is 1. The van der Waals surface area contributed by atoms with E-state index in [-0.39, 0.29) is 11.9 Å². The Kier molecular flexibility index (Phi) is 3.01. The zero-order valence-corrected chi connectivity index (χ0v) is 11.6. The Morgan fingerprint density at radius 1 is 1.37 bits per heavy atom. The van der Waals surface area contributed by atoms with Crippen LogP contribution in [-0.2, 0) is 11.3 Å². The Morgan fingerprint density at radius 3 is 2.84 bits per heavy atom. The van der Waals surface area contributed by atoms with Gasteiger partial charge in [-0.15, -0.1) is 0 Å². The van der Waals surface area contributed by atoms with Crippen LogP contribution in [0, 0.1) is 6.92 Å². The quantitative estimate of drug-likeness (QED) is 0.840. The first-order valence-corrected chi connectivity index (χ1v) is 7.54. The number of nitrogens with zero attached hydrogens (tertiary/aromatic N) is 1. The summed E-state index contributed by atoms with van der Waals surface area (Å²) >= 11 is 1.73. The largest absolute Gasteiger partial charge is 0.325 e. The Hall–Kier alpha value is -1.49. The van der Waals surface area contributed by atoms with Crippen molar-refractivity contribution >= 4 is 23.7 Å². The highest BCUT2D eigenvalue weighted by Gasteiger charge is 2.52. The smallest absolute Gasteiger partial charge is 0.322 e. The van der Waals surface area contributed by atoms with Gasteiger partial charge in [-0.3, -0.25) is 9.69 Å². The Balaban J connectivity index is 1.84. The van der Waals surface area contributed by atoms with Crippen molar-refractivity contribution in [2.75, 3.05) is 11.5 Å². The van der Waals surface area contributed by atoms with Gasteiger partial charge in [-0.25, -0.2) is 4.79 Å². The third-order valence-corrected chi connectivity index (χ3v) is 5.05. The van der Waals surface area contributed by atoms with Gasteiger partial charge in [0.2, 0.25) is 0 Å². The van der Waals surface area contributed by atoms with Crippen molar-refractivity contribution in [3.63, 3.8) is 0 Å². The Morgan fingerprint density at radius 2 is 2.16 bits per heavy atom. The van der Waals surface area contributed by atoms with Crippen molar-refractivity contribution in [1.29, 1.82) is 0 Å². The number of thioether (sulfide) groups is 1. The highest BCUT2D eigenvalue weighted by Crippen LogP contribution is 2.34. The summed E-state index contributed by atoms with van der Waals surface area (Å²) in [7, 11) is 0. The maximum atomic E-state index is 12.5. The van der Waals surface area contributed by atoms with Crippen molar-refractivity contribution < 1.29 is 9.59 Å². The lowest BCUT2D eigenvalue weighted by atomic mass is 9.99. The summed E-state index contributed by atoms with van der Waals surface area (Å²) < 4.78 is 0. The van der Waals surface area contributed by atoms with E-state index in [0.717, 1.165) is 23.3 Å². The third-order valence-electron chi connectivity index (χ3n) is 3.86. The van der Waals surface area contributed by atoms with Gasteiger partial charge < -0.3 is 5.32 Å². The summed E-state index contributed by atoms with van der Waals surface area (Å²) in [6.07, 6.45) is 0.743. The summed E-state index contributed by atoms with van der Waals surface area (Å²) in [6.45, 7) is 2.36. The van der Waals surface area contributed by atoms with Crippen LogP contribution < -0.4 is 5.32 Å². The number of benzene rings is 1. The first-order chi connectivity index (χ1) is 9.12. The molecule has 3 amide bonds. The number of carbonyl (C=O) groups excluding carboxylic acids is 2. The number of rotatable bonds is 2. The van der Waals surface area contributed by atoms with Crippen LogP contribution >= 0.6 is 11.8 Å². The van der Waals surface area contributed by atoms with E-state index in [0.29, 0.717) is 12.3 Å². The fourth-order valence-electron chi connectivity index (χ4n) is 2.61. The summed E-state index contributed by atoms with van der Waals surface area (Å²) in [4.78, 5) is 25.9. The van der Waals surface area contributed by atoms with Crippen molar-refractivity contribution in [3.05, 3.63) is 35.4 Å². The number of aryl methyl sites for hydroxylation is 1. The van der Waals surface area contributed by atoms with Crippen LogP contribution in [0.25, 0.3) is 0 Å². The average molecular weight is 276 g/mol. The van der Waals surface area contributed by atoms with Gasteiger partial charge in [-0.2, -0.15) is 11.8 Å². The molecule has 4 nitrogen and oxygen atoms in total. The fourth-order valence-corrected chi connectivity index (χ4v) is 3.94. The van der Waals surface area contributed by atoms with Crippen molar-refractivity contribution in [1.82, 2.24) is 10.2 Å². The minimum absolute atomic E-state index is 0.0641. The molecule has 1 spiro atoms. The van der Waals surface area contributed by atoms with E-state index in [1.165, 1.54) is 4.90 Å². The molecule has 3 rings (SSSR count). The molecule has 0 aromatic heterocycles. The summed E-state index contributed by atoms with van der Waals surface area (Å²) in [5.41, 5.74) is 1.49. The number of imide groups is 1. The lowest BCUT2D eigenvalue weighted by Crippen LogP contribution is -2.46. The van der Waals surface area contributed by atoms with Gasteiger partial charge in [-0.05, 0) is 30.2 Å². The molecule has 0 aliphatic carbocycles. The molecule has 2 heterocycles. The van der Waals surface area contributed by atoms with Crippen LogP contribution in [0.1, 0.15) is 17.5 Å². The molecule has 1 atom stereocenters. The van der Waals surface area contributed by atoms with E-state index in [9.17, 15) is 9.59 Å². The molecule has 100 valence electrons. The number of carbonyl (C=O) groups is 2. The van der Waals surface area contributed by atoms with Crippen LogP contribution in [0.15, 0.2) is 24.3 Å². The predicted molar refractivity (Wildman–Crippen MR) is 74.9 cm³/mol. The van der Waals surface area contributed by atoms with Crippen LogP contribution in [-0.4, -0.2) is 33.9 Å². The molecule has 5 heteroatoms. The number of amides is 3. The van der Waals surface area contributed by atoms with Gasteiger partial charge in [0.1, 0.15) is 5.54 Å². The molecule has 0 bridgehead atoms. The molecule has 2 fully saturated rings. The molecular formula is C14H16N2O2S. The second kappa shape index (κ2) is 4.56. The van der Waals surface area contributed by atoms with Crippen LogP contribution in [0.4, 0.5) is 4.79 Å². The molecule has 2 aliphatic rings. The highest BCUT2D eigenvalue weighted by atomic mass is 32.2. The maximum Gasteiger partial charge on any atom is 0.325 e. The molecule has 19 heavy (non-hydrogen) atoms. The van der Waals surface area contributed by atoms with Crippen molar-refractivity contribution in [2.24, 2.45) is 0 Å². The first kappa shape index (κ1) is 12.5. The van der Waals surface area contributed by atoms with E-state index in [4.69, 9.17) is 0 Å². The molecule has 1 aromatic carbocycles. The number of hydrogen-bond donors (Lipinski definition) is 1.